The molecule has 2 heterocycles. The van der Waals surface area contributed by atoms with E-state index in [1.807, 2.05) is 6.07 Å². The number of nitrogens with zero attached hydrogens (tertiary/aromatic N) is 1. The third-order valence-corrected chi connectivity index (χ3v) is 6.46. The van der Waals surface area contributed by atoms with Crippen molar-refractivity contribution in [2.45, 2.75) is 19.0 Å². The van der Waals surface area contributed by atoms with Gasteiger partial charge < -0.3 is 24.7 Å². The van der Waals surface area contributed by atoms with Crippen molar-refractivity contribution in [1.82, 2.24) is 0 Å². The van der Waals surface area contributed by atoms with Crippen LogP contribution in [0.4, 0.5) is 13.2 Å². The van der Waals surface area contributed by atoms with Crippen LogP contribution in [-0.4, -0.2) is 12.2 Å². The minimum Gasteiger partial charge on any atom is -0.508 e. The average molecular weight is 520 g/mol. The normalized spacial score (nSPS) is 15.1. The molecule has 1 aliphatic heterocycles. The fourth-order valence-corrected chi connectivity index (χ4v) is 4.67. The zero-order valence-electron chi connectivity index (χ0n) is 20.0. The molecule has 4 aromatic rings. The lowest BCUT2D eigenvalue weighted by Crippen LogP contribution is -2.26. The number of rotatable bonds is 3. The molecule has 10 heteroatoms. The van der Waals surface area contributed by atoms with Gasteiger partial charge in [0.05, 0.1) is 29.5 Å². The molecule has 0 bridgehead atoms. The van der Waals surface area contributed by atoms with Gasteiger partial charge in [0, 0.05) is 5.56 Å². The Kier molecular flexibility index (Phi) is 5.79. The summed E-state index contributed by atoms with van der Waals surface area (Å²) in [6.45, 7) is 1.37. The Morgan fingerprint density at radius 1 is 1.11 bits per heavy atom. The number of hydrogen-bond donors (Lipinski definition) is 2. The highest BCUT2D eigenvalue weighted by Crippen LogP contribution is 2.46. The molecule has 0 radical (unpaired) electrons. The molecule has 7 nitrogen and oxygen atoms in total. The van der Waals surface area contributed by atoms with Crippen LogP contribution < -0.4 is 20.8 Å². The third-order valence-electron chi connectivity index (χ3n) is 6.46. The fraction of sp³-hybridized carbons (Fsp3) is 0.143. The van der Waals surface area contributed by atoms with Crippen molar-refractivity contribution in [3.05, 3.63) is 98.7 Å². The molecular weight excluding hydrogens is 501 g/mol. The fourth-order valence-electron chi connectivity index (χ4n) is 4.67. The van der Waals surface area contributed by atoms with E-state index in [2.05, 4.69) is 0 Å². The minimum absolute atomic E-state index is 0.0145. The molecule has 0 amide bonds. The van der Waals surface area contributed by atoms with E-state index in [0.29, 0.717) is 11.1 Å². The van der Waals surface area contributed by atoms with Crippen LogP contribution in [0.2, 0.25) is 0 Å². The first-order valence-corrected chi connectivity index (χ1v) is 11.3. The largest absolute Gasteiger partial charge is 0.508 e. The lowest BCUT2D eigenvalue weighted by atomic mass is 9.82. The van der Waals surface area contributed by atoms with E-state index in [1.165, 1.54) is 50.4 Å². The average Bonchev–Trinajstić information content (AvgIpc) is 2.87. The highest BCUT2D eigenvalue weighted by Gasteiger charge is 2.36. The van der Waals surface area contributed by atoms with Crippen molar-refractivity contribution in [2.75, 3.05) is 7.11 Å². The van der Waals surface area contributed by atoms with Crippen molar-refractivity contribution in [3.63, 3.8) is 0 Å². The smallest absolute Gasteiger partial charge is 0.416 e. The number of phenolic OH excluding ortho intramolecular Hbond substituents is 1. The number of benzene rings is 3. The van der Waals surface area contributed by atoms with Crippen molar-refractivity contribution in [1.29, 1.82) is 5.26 Å². The summed E-state index contributed by atoms with van der Waals surface area (Å²) in [7, 11) is 1.38. The number of nitrogens with two attached hydrogens (primary N) is 1. The first kappa shape index (κ1) is 24.8. The van der Waals surface area contributed by atoms with Crippen LogP contribution in [0.5, 0.6) is 17.2 Å². The van der Waals surface area contributed by atoms with Crippen molar-refractivity contribution in [2.24, 2.45) is 5.73 Å². The van der Waals surface area contributed by atoms with Crippen LogP contribution in [0.1, 0.15) is 28.2 Å². The van der Waals surface area contributed by atoms with Crippen LogP contribution in [-0.2, 0) is 6.18 Å². The minimum atomic E-state index is -4.57. The topological polar surface area (TPSA) is 119 Å². The van der Waals surface area contributed by atoms with Gasteiger partial charge in [-0.1, -0.05) is 18.2 Å². The summed E-state index contributed by atoms with van der Waals surface area (Å²) < 4.78 is 57.5. The molecule has 1 unspecified atom stereocenters. The Morgan fingerprint density at radius 2 is 1.87 bits per heavy atom. The van der Waals surface area contributed by atoms with Gasteiger partial charge in [-0.15, -0.1) is 0 Å². The maximum atomic E-state index is 13.6. The van der Waals surface area contributed by atoms with Crippen LogP contribution in [0.25, 0.3) is 22.1 Å². The second kappa shape index (κ2) is 8.88. The molecule has 1 aromatic heterocycles. The van der Waals surface area contributed by atoms with Gasteiger partial charge in [-0.05, 0) is 60.0 Å². The molecule has 0 fully saturated rings. The maximum Gasteiger partial charge on any atom is 0.416 e. The van der Waals surface area contributed by atoms with E-state index in [-0.39, 0.29) is 56.4 Å². The molecule has 3 aromatic carbocycles. The number of alkyl halides is 3. The SMILES string of the molecule is COc1ccc(C2C(C#N)=C(N)Oc3c2c(=O)oc2ccc(O)cc32)cc1-c1ccc(C)c(C(F)(F)F)c1. The van der Waals surface area contributed by atoms with Crippen LogP contribution in [0.3, 0.4) is 0 Å². The number of aromatic hydroxyl groups is 1. The summed E-state index contributed by atoms with van der Waals surface area (Å²) in [5.74, 6) is -1.14. The molecule has 192 valence electrons. The van der Waals surface area contributed by atoms with Gasteiger partial charge >= 0.3 is 11.8 Å². The summed E-state index contributed by atoms with van der Waals surface area (Å²) in [6.07, 6.45) is -4.57. The molecule has 0 spiro atoms. The van der Waals surface area contributed by atoms with E-state index in [1.54, 1.807) is 12.1 Å². The lowest BCUT2D eigenvalue weighted by molar-refractivity contribution is -0.138. The summed E-state index contributed by atoms with van der Waals surface area (Å²) in [5.41, 5.74) is 5.47. The lowest BCUT2D eigenvalue weighted by Gasteiger charge is -2.26. The van der Waals surface area contributed by atoms with Gasteiger partial charge in [0.2, 0.25) is 5.88 Å². The van der Waals surface area contributed by atoms with Gasteiger partial charge in [-0.25, -0.2) is 4.79 Å². The van der Waals surface area contributed by atoms with Crippen LogP contribution >= 0.6 is 0 Å². The summed E-state index contributed by atoms with van der Waals surface area (Å²) >= 11 is 0. The zero-order chi connectivity index (χ0) is 27.4. The van der Waals surface area contributed by atoms with E-state index < -0.39 is 23.3 Å². The van der Waals surface area contributed by atoms with Gasteiger partial charge in [0.1, 0.15) is 28.7 Å². The maximum absolute atomic E-state index is 13.6. The molecule has 0 saturated heterocycles. The summed E-state index contributed by atoms with van der Waals surface area (Å²) in [6, 6.07) is 14.6. The number of ether oxygens (including phenoxy) is 2. The Labute approximate surface area is 213 Å². The Bertz CT molecular complexity index is 1750. The van der Waals surface area contributed by atoms with Gasteiger partial charge in [-0.3, -0.25) is 0 Å². The van der Waals surface area contributed by atoms with Crippen molar-refractivity contribution >= 4 is 11.0 Å². The predicted octanol–water partition coefficient (Wildman–Crippen LogP) is 5.72. The molecule has 0 aliphatic carbocycles. The number of fused-ring (bicyclic) bond motifs is 3. The predicted molar refractivity (Wildman–Crippen MR) is 132 cm³/mol. The van der Waals surface area contributed by atoms with Gasteiger partial charge in [0.15, 0.2) is 5.75 Å². The van der Waals surface area contributed by atoms with Crippen LogP contribution in [0.15, 0.2) is 75.3 Å². The number of aryl methyl sites for hydroxylation is 1. The summed E-state index contributed by atoms with van der Waals surface area (Å²) in [4.78, 5) is 13.2. The Hall–Kier alpha value is -4.91. The third kappa shape index (κ3) is 3.98. The first-order chi connectivity index (χ1) is 18.0. The number of hydrogen-bond acceptors (Lipinski definition) is 7. The van der Waals surface area contributed by atoms with Gasteiger partial charge in [0.25, 0.3) is 0 Å². The van der Waals surface area contributed by atoms with Crippen molar-refractivity contribution in [3.8, 4) is 34.4 Å². The molecule has 5 rings (SSSR count). The summed E-state index contributed by atoms with van der Waals surface area (Å²) in [5, 5.41) is 20.2. The number of halogens is 3. The van der Waals surface area contributed by atoms with Crippen molar-refractivity contribution < 1.29 is 32.2 Å². The molecule has 1 atom stereocenters. The van der Waals surface area contributed by atoms with E-state index in [9.17, 15) is 28.3 Å². The number of nitriles is 1. The molecular formula is C28H19F3N2O5. The van der Waals surface area contributed by atoms with E-state index in [4.69, 9.17) is 19.6 Å². The molecule has 1 aliphatic rings. The quantitative estimate of drug-likeness (QED) is 0.332. The number of allylic oxidation sites excluding steroid dienone is 1. The van der Waals surface area contributed by atoms with E-state index >= 15 is 0 Å². The zero-order valence-corrected chi connectivity index (χ0v) is 20.0. The Balaban J connectivity index is 1.78. The molecule has 38 heavy (non-hydrogen) atoms. The molecule has 3 N–H and O–H groups in total. The molecule has 0 saturated carbocycles. The second-order valence-electron chi connectivity index (χ2n) is 8.72. The monoisotopic (exact) mass is 520 g/mol. The second-order valence-corrected chi connectivity index (χ2v) is 8.72. The van der Waals surface area contributed by atoms with E-state index in [0.717, 1.165) is 6.07 Å². The first-order valence-electron chi connectivity index (χ1n) is 11.3. The standard InChI is InChI=1S/C28H19F3N2O5/c1-13-3-4-14(10-20(13)28(29,30)31)17-9-15(5-7-21(17)36-2)23-19(12-32)26(33)38-25-18-11-16(34)6-8-22(18)37-27(35)24(23)25/h3-11,23,34H,33H2,1-2H3. The number of methoxy groups -OCH3 is 1. The highest BCUT2D eigenvalue weighted by molar-refractivity contribution is 5.87. The van der Waals surface area contributed by atoms with Crippen LogP contribution in [0, 0.1) is 18.3 Å². The highest BCUT2D eigenvalue weighted by atomic mass is 19.4. The Morgan fingerprint density at radius 3 is 2.55 bits per heavy atom. The number of phenols is 1. The van der Waals surface area contributed by atoms with Gasteiger partial charge in [-0.2, -0.15) is 18.4 Å².